The van der Waals surface area contributed by atoms with Gasteiger partial charge in [-0.3, -0.25) is 14.7 Å². The highest BCUT2D eigenvalue weighted by atomic mass is 127. The zero-order valence-electron chi connectivity index (χ0n) is 15.3. The van der Waals surface area contributed by atoms with Crippen LogP contribution in [-0.4, -0.2) is 74.0 Å². The number of amides is 1. The van der Waals surface area contributed by atoms with Gasteiger partial charge in [-0.25, -0.2) is 0 Å². The monoisotopic (exact) mass is 461 g/mol. The molecule has 25 heavy (non-hydrogen) atoms. The number of nitrogens with zero attached hydrogens (tertiary/aromatic N) is 3. The SMILES string of the molecule is CN=C(NCC1(C2CC2)CC1)N1CCN(CC(=O)NC2CC2)CC1.I. The van der Waals surface area contributed by atoms with Gasteiger partial charge in [-0.2, -0.15) is 0 Å². The summed E-state index contributed by atoms with van der Waals surface area (Å²) < 4.78 is 0. The second-order valence-electron chi connectivity index (χ2n) is 8.14. The van der Waals surface area contributed by atoms with E-state index >= 15 is 0 Å². The molecule has 4 aliphatic rings. The molecule has 0 radical (unpaired) electrons. The topological polar surface area (TPSA) is 60.0 Å². The summed E-state index contributed by atoms with van der Waals surface area (Å²) >= 11 is 0. The van der Waals surface area contributed by atoms with Gasteiger partial charge in [0.2, 0.25) is 5.91 Å². The molecule has 0 aromatic carbocycles. The molecule has 0 spiro atoms. The number of piperazine rings is 1. The number of rotatable bonds is 6. The molecule has 1 aliphatic heterocycles. The fourth-order valence-electron chi connectivity index (χ4n) is 3.99. The lowest BCUT2D eigenvalue weighted by molar-refractivity contribution is -0.122. The van der Waals surface area contributed by atoms with Gasteiger partial charge >= 0.3 is 0 Å². The Morgan fingerprint density at radius 1 is 1.12 bits per heavy atom. The Hall–Kier alpha value is -0.570. The maximum Gasteiger partial charge on any atom is 0.234 e. The molecular formula is C18H32IN5O. The predicted molar refractivity (Wildman–Crippen MR) is 110 cm³/mol. The third kappa shape index (κ3) is 4.99. The molecule has 1 heterocycles. The summed E-state index contributed by atoms with van der Waals surface area (Å²) in [6.45, 7) is 5.41. The summed E-state index contributed by atoms with van der Waals surface area (Å²) in [7, 11) is 1.88. The quantitative estimate of drug-likeness (QED) is 0.356. The summed E-state index contributed by atoms with van der Waals surface area (Å²) in [6, 6.07) is 0.461. The third-order valence-electron chi connectivity index (χ3n) is 6.13. The van der Waals surface area contributed by atoms with Crippen molar-refractivity contribution < 1.29 is 4.79 Å². The van der Waals surface area contributed by atoms with Gasteiger partial charge in [-0.05, 0) is 49.9 Å². The van der Waals surface area contributed by atoms with E-state index in [-0.39, 0.29) is 29.9 Å². The molecule has 0 bridgehead atoms. The molecule has 1 saturated heterocycles. The largest absolute Gasteiger partial charge is 0.356 e. The van der Waals surface area contributed by atoms with Crippen molar-refractivity contribution in [2.45, 2.75) is 44.6 Å². The van der Waals surface area contributed by atoms with E-state index in [4.69, 9.17) is 0 Å². The minimum Gasteiger partial charge on any atom is -0.356 e. The van der Waals surface area contributed by atoms with Crippen molar-refractivity contribution in [1.29, 1.82) is 0 Å². The highest BCUT2D eigenvalue weighted by Crippen LogP contribution is 2.60. The zero-order chi connectivity index (χ0) is 16.6. The second kappa shape index (κ2) is 7.98. The van der Waals surface area contributed by atoms with Gasteiger partial charge in [0.1, 0.15) is 0 Å². The van der Waals surface area contributed by atoms with E-state index in [1.165, 1.54) is 25.7 Å². The lowest BCUT2D eigenvalue weighted by Crippen LogP contribution is -2.54. The van der Waals surface area contributed by atoms with Crippen LogP contribution in [0.5, 0.6) is 0 Å². The van der Waals surface area contributed by atoms with E-state index in [0.29, 0.717) is 18.0 Å². The summed E-state index contributed by atoms with van der Waals surface area (Å²) in [6.07, 6.45) is 7.97. The van der Waals surface area contributed by atoms with Crippen LogP contribution in [-0.2, 0) is 4.79 Å². The van der Waals surface area contributed by atoms with E-state index in [1.54, 1.807) is 0 Å². The van der Waals surface area contributed by atoms with Crippen LogP contribution in [0.25, 0.3) is 0 Å². The van der Waals surface area contributed by atoms with Crippen LogP contribution in [0.2, 0.25) is 0 Å². The molecule has 4 rings (SSSR count). The van der Waals surface area contributed by atoms with E-state index in [1.807, 2.05) is 7.05 Å². The van der Waals surface area contributed by atoms with Gasteiger partial charge in [-0.15, -0.1) is 24.0 Å². The average Bonchev–Trinajstić information content (AvgIpc) is 3.43. The number of halogens is 1. The summed E-state index contributed by atoms with van der Waals surface area (Å²) in [4.78, 5) is 21.0. The van der Waals surface area contributed by atoms with Gasteiger partial charge in [-0.1, -0.05) is 0 Å². The number of hydrogen-bond donors (Lipinski definition) is 2. The van der Waals surface area contributed by atoms with Gasteiger partial charge in [0.25, 0.3) is 0 Å². The highest BCUT2D eigenvalue weighted by Gasteiger charge is 2.53. The van der Waals surface area contributed by atoms with Crippen molar-refractivity contribution in [1.82, 2.24) is 20.4 Å². The first-order valence-corrected chi connectivity index (χ1v) is 9.66. The van der Waals surface area contributed by atoms with Gasteiger partial charge in [0.15, 0.2) is 5.96 Å². The standard InChI is InChI=1S/C18H31N5O.HI/c1-19-17(20-13-18(6-7-18)14-2-3-14)23-10-8-22(9-11-23)12-16(24)21-15-4-5-15;/h14-15H,2-13H2,1H3,(H,19,20)(H,21,24);1H. The normalized spacial score (nSPS) is 26.0. The Bertz CT molecular complexity index is 506. The van der Waals surface area contributed by atoms with Crippen molar-refractivity contribution in [3.05, 3.63) is 0 Å². The van der Waals surface area contributed by atoms with E-state index in [9.17, 15) is 4.79 Å². The first-order valence-electron chi connectivity index (χ1n) is 9.66. The molecule has 2 N–H and O–H groups in total. The van der Waals surface area contributed by atoms with E-state index in [2.05, 4.69) is 25.4 Å². The Balaban J connectivity index is 0.00000182. The first kappa shape index (κ1) is 19.2. The van der Waals surface area contributed by atoms with Gasteiger partial charge in [0.05, 0.1) is 6.54 Å². The molecule has 4 fully saturated rings. The minimum atomic E-state index is 0. The second-order valence-corrected chi connectivity index (χ2v) is 8.14. The lowest BCUT2D eigenvalue weighted by atomic mass is 10.0. The Morgan fingerprint density at radius 2 is 1.80 bits per heavy atom. The van der Waals surface area contributed by atoms with Crippen molar-refractivity contribution in [3.63, 3.8) is 0 Å². The van der Waals surface area contributed by atoms with Crippen LogP contribution in [0, 0.1) is 11.3 Å². The highest BCUT2D eigenvalue weighted by molar-refractivity contribution is 14.0. The maximum absolute atomic E-state index is 11.9. The van der Waals surface area contributed by atoms with Crippen LogP contribution < -0.4 is 10.6 Å². The van der Waals surface area contributed by atoms with Gasteiger partial charge < -0.3 is 15.5 Å². The van der Waals surface area contributed by atoms with E-state index < -0.39 is 0 Å². The molecule has 0 aromatic heterocycles. The van der Waals surface area contributed by atoms with E-state index in [0.717, 1.165) is 57.4 Å². The summed E-state index contributed by atoms with van der Waals surface area (Å²) in [5.74, 6) is 2.21. The van der Waals surface area contributed by atoms with Crippen molar-refractivity contribution in [2.24, 2.45) is 16.3 Å². The molecule has 0 unspecified atom stereocenters. The molecule has 6 nitrogen and oxygen atoms in total. The fourth-order valence-corrected chi connectivity index (χ4v) is 3.99. The van der Waals surface area contributed by atoms with Crippen LogP contribution in [0.3, 0.4) is 0 Å². The fraction of sp³-hybridized carbons (Fsp3) is 0.889. The molecule has 1 amide bonds. The average molecular weight is 461 g/mol. The summed E-state index contributed by atoms with van der Waals surface area (Å²) in [5, 5.41) is 6.71. The van der Waals surface area contributed by atoms with Crippen LogP contribution in [0.15, 0.2) is 4.99 Å². The molecule has 0 atom stereocenters. The Morgan fingerprint density at radius 3 is 2.32 bits per heavy atom. The van der Waals surface area contributed by atoms with Crippen molar-refractivity contribution in [2.75, 3.05) is 46.3 Å². The Kier molecular flexibility index (Phi) is 6.13. The number of nitrogens with one attached hydrogen (secondary N) is 2. The third-order valence-corrected chi connectivity index (χ3v) is 6.13. The van der Waals surface area contributed by atoms with Crippen LogP contribution in [0.1, 0.15) is 38.5 Å². The maximum atomic E-state index is 11.9. The van der Waals surface area contributed by atoms with Crippen molar-refractivity contribution in [3.8, 4) is 0 Å². The minimum absolute atomic E-state index is 0. The smallest absolute Gasteiger partial charge is 0.234 e. The summed E-state index contributed by atoms with van der Waals surface area (Å²) in [5.41, 5.74) is 0.596. The Labute approximate surface area is 168 Å². The number of carbonyl (C=O) groups is 1. The van der Waals surface area contributed by atoms with Crippen LogP contribution in [0.4, 0.5) is 0 Å². The molecule has 3 aliphatic carbocycles. The predicted octanol–water partition coefficient (Wildman–Crippen LogP) is 1.27. The lowest BCUT2D eigenvalue weighted by Gasteiger charge is -2.36. The first-order chi connectivity index (χ1) is 11.7. The number of hydrogen-bond acceptors (Lipinski definition) is 3. The molecule has 3 saturated carbocycles. The van der Waals surface area contributed by atoms with Crippen molar-refractivity contribution >= 4 is 35.8 Å². The van der Waals surface area contributed by atoms with Gasteiger partial charge in [0, 0.05) is 45.8 Å². The number of guanidine groups is 1. The zero-order valence-corrected chi connectivity index (χ0v) is 17.6. The molecule has 7 heteroatoms. The number of carbonyl (C=O) groups excluding carboxylic acids is 1. The number of aliphatic imine (C=N–C) groups is 1. The molecule has 0 aromatic rings. The molecule has 142 valence electrons. The molecular weight excluding hydrogens is 429 g/mol. The van der Waals surface area contributed by atoms with Crippen LogP contribution >= 0.6 is 24.0 Å².